The first-order valence-electron chi connectivity index (χ1n) is 9.16. The van der Waals surface area contributed by atoms with Crippen LogP contribution in [0.5, 0.6) is 5.75 Å². The predicted octanol–water partition coefficient (Wildman–Crippen LogP) is 2.31. The van der Waals surface area contributed by atoms with Crippen molar-refractivity contribution in [3.63, 3.8) is 0 Å². The monoisotopic (exact) mass is 435 g/mol. The highest BCUT2D eigenvalue weighted by Crippen LogP contribution is 2.30. The van der Waals surface area contributed by atoms with Crippen LogP contribution < -0.4 is 14.8 Å². The number of nitro benzene ring substituents is 1. The van der Waals surface area contributed by atoms with Gasteiger partial charge in [-0.2, -0.15) is 0 Å². The molecule has 10 nitrogen and oxygen atoms in total. The van der Waals surface area contributed by atoms with Crippen LogP contribution in [0.4, 0.5) is 11.4 Å². The molecular formula is C19H21N3O7S. The standard InChI is InChI=1S/C19H21N3O7S/c1-28-13-8-9-18(17(11-13)22(24)25)30(26,27)21-16-7-3-2-6-15(16)19(23)20-12-14-5-4-10-29-14/h2-3,6-9,11,14,21H,4-5,10,12H2,1H3,(H,20,23). The van der Waals surface area contributed by atoms with E-state index in [1.54, 1.807) is 12.1 Å². The summed E-state index contributed by atoms with van der Waals surface area (Å²) in [5.74, 6) is -0.331. The van der Waals surface area contributed by atoms with E-state index in [1.807, 2.05) is 0 Å². The first-order valence-corrected chi connectivity index (χ1v) is 10.6. The quantitative estimate of drug-likeness (QED) is 0.479. The molecule has 1 aliphatic heterocycles. The number of methoxy groups -OCH3 is 1. The van der Waals surface area contributed by atoms with E-state index < -0.39 is 31.4 Å². The normalized spacial score (nSPS) is 16.1. The van der Waals surface area contributed by atoms with E-state index in [2.05, 4.69) is 10.0 Å². The molecule has 11 heteroatoms. The lowest BCUT2D eigenvalue weighted by molar-refractivity contribution is -0.387. The lowest BCUT2D eigenvalue weighted by Crippen LogP contribution is -2.32. The summed E-state index contributed by atoms with van der Waals surface area (Å²) >= 11 is 0. The highest BCUT2D eigenvalue weighted by molar-refractivity contribution is 7.92. The Hall–Kier alpha value is -3.18. The van der Waals surface area contributed by atoms with Gasteiger partial charge in [-0.15, -0.1) is 0 Å². The summed E-state index contributed by atoms with van der Waals surface area (Å²) in [5.41, 5.74) is -0.537. The van der Waals surface area contributed by atoms with Crippen molar-refractivity contribution < 1.29 is 27.6 Å². The molecule has 0 spiro atoms. The zero-order valence-corrected chi connectivity index (χ0v) is 17.0. The van der Waals surface area contributed by atoms with Crippen molar-refractivity contribution in [3.05, 3.63) is 58.1 Å². The molecule has 160 valence electrons. The number of anilines is 1. The minimum atomic E-state index is -4.35. The van der Waals surface area contributed by atoms with Gasteiger partial charge in [0.1, 0.15) is 5.75 Å². The number of benzene rings is 2. The van der Waals surface area contributed by atoms with Crippen LogP contribution in [0.15, 0.2) is 47.4 Å². The minimum Gasteiger partial charge on any atom is -0.497 e. The van der Waals surface area contributed by atoms with Crippen molar-refractivity contribution in [1.29, 1.82) is 0 Å². The van der Waals surface area contributed by atoms with E-state index in [9.17, 15) is 23.3 Å². The lowest BCUT2D eigenvalue weighted by Gasteiger charge is -2.14. The van der Waals surface area contributed by atoms with Gasteiger partial charge in [-0.1, -0.05) is 12.1 Å². The summed E-state index contributed by atoms with van der Waals surface area (Å²) in [6.07, 6.45) is 1.70. The number of nitro groups is 1. The van der Waals surface area contributed by atoms with Crippen molar-refractivity contribution in [1.82, 2.24) is 5.32 Å². The maximum absolute atomic E-state index is 12.9. The Morgan fingerprint density at radius 1 is 1.30 bits per heavy atom. The first kappa shape index (κ1) is 21.5. The van der Waals surface area contributed by atoms with Gasteiger partial charge in [0.2, 0.25) is 0 Å². The smallest absolute Gasteiger partial charge is 0.293 e. The summed E-state index contributed by atoms with van der Waals surface area (Å²) in [6, 6.07) is 9.43. The lowest BCUT2D eigenvalue weighted by atomic mass is 10.1. The second kappa shape index (κ2) is 9.09. The highest BCUT2D eigenvalue weighted by Gasteiger charge is 2.28. The Kier molecular flexibility index (Phi) is 6.53. The second-order valence-electron chi connectivity index (χ2n) is 6.59. The van der Waals surface area contributed by atoms with Gasteiger partial charge in [-0.05, 0) is 37.1 Å². The summed E-state index contributed by atoms with van der Waals surface area (Å²) in [4.78, 5) is 22.6. The van der Waals surface area contributed by atoms with Crippen LogP contribution in [0.3, 0.4) is 0 Å². The second-order valence-corrected chi connectivity index (χ2v) is 8.24. The third kappa shape index (κ3) is 4.86. The van der Waals surface area contributed by atoms with Crippen LogP contribution in [0.2, 0.25) is 0 Å². The molecule has 3 rings (SSSR count). The molecule has 2 N–H and O–H groups in total. The minimum absolute atomic E-state index is 0.00690. The van der Waals surface area contributed by atoms with Crippen LogP contribution in [0.1, 0.15) is 23.2 Å². The fourth-order valence-corrected chi connectivity index (χ4v) is 4.30. The van der Waals surface area contributed by atoms with Gasteiger partial charge < -0.3 is 14.8 Å². The number of rotatable bonds is 8. The Labute approximate surface area is 173 Å². The number of nitrogens with one attached hydrogen (secondary N) is 2. The molecule has 0 saturated carbocycles. The number of carbonyl (C=O) groups excluding carboxylic acids is 1. The van der Waals surface area contributed by atoms with Gasteiger partial charge in [0, 0.05) is 13.2 Å². The fraction of sp³-hybridized carbons (Fsp3) is 0.316. The first-order chi connectivity index (χ1) is 14.3. The van der Waals surface area contributed by atoms with E-state index in [-0.39, 0.29) is 23.1 Å². The summed E-state index contributed by atoms with van der Waals surface area (Å²) in [6.45, 7) is 0.960. The largest absolute Gasteiger partial charge is 0.497 e. The Balaban J connectivity index is 1.85. The van der Waals surface area contributed by atoms with Gasteiger partial charge >= 0.3 is 0 Å². The molecule has 0 aliphatic carbocycles. The molecule has 1 fully saturated rings. The van der Waals surface area contributed by atoms with Gasteiger partial charge in [-0.3, -0.25) is 19.6 Å². The summed E-state index contributed by atoms with van der Waals surface area (Å²) in [7, 11) is -3.04. The number of para-hydroxylation sites is 1. The number of amides is 1. The number of sulfonamides is 1. The van der Waals surface area contributed by atoms with Crippen LogP contribution in [-0.4, -0.2) is 45.6 Å². The SMILES string of the molecule is COc1ccc(S(=O)(=O)Nc2ccccc2C(=O)NCC2CCCO2)c([N+](=O)[O-])c1. The summed E-state index contributed by atoms with van der Waals surface area (Å²) < 4.78 is 38.4. The molecule has 0 aromatic heterocycles. The van der Waals surface area contributed by atoms with Crippen LogP contribution in [0, 0.1) is 10.1 Å². The number of carbonyl (C=O) groups is 1. The molecule has 30 heavy (non-hydrogen) atoms. The molecule has 2 aromatic rings. The number of nitrogens with zero attached hydrogens (tertiary/aromatic N) is 1. The zero-order chi connectivity index (χ0) is 21.7. The van der Waals surface area contributed by atoms with E-state index >= 15 is 0 Å². The van der Waals surface area contributed by atoms with E-state index in [0.29, 0.717) is 13.2 Å². The molecule has 1 unspecified atom stereocenters. The Bertz CT molecular complexity index is 1050. The van der Waals surface area contributed by atoms with E-state index in [4.69, 9.17) is 9.47 Å². The number of hydrogen-bond acceptors (Lipinski definition) is 7. The molecule has 1 aliphatic rings. The van der Waals surface area contributed by atoms with Crippen molar-refractivity contribution in [2.75, 3.05) is 25.0 Å². The maximum atomic E-state index is 12.9. The van der Waals surface area contributed by atoms with Crippen molar-refractivity contribution in [2.24, 2.45) is 0 Å². The maximum Gasteiger partial charge on any atom is 0.293 e. The van der Waals surface area contributed by atoms with Gasteiger partial charge in [0.25, 0.3) is 21.6 Å². The average molecular weight is 435 g/mol. The highest BCUT2D eigenvalue weighted by atomic mass is 32.2. The molecule has 1 heterocycles. The molecule has 1 saturated heterocycles. The third-order valence-corrected chi connectivity index (χ3v) is 6.00. The average Bonchev–Trinajstić information content (AvgIpc) is 3.25. The van der Waals surface area contributed by atoms with Crippen molar-refractivity contribution in [3.8, 4) is 5.75 Å². The van der Waals surface area contributed by atoms with Gasteiger partial charge in [0.15, 0.2) is 4.90 Å². The van der Waals surface area contributed by atoms with Gasteiger partial charge in [-0.25, -0.2) is 8.42 Å². The predicted molar refractivity (Wildman–Crippen MR) is 108 cm³/mol. The van der Waals surface area contributed by atoms with Crippen LogP contribution >= 0.6 is 0 Å². The van der Waals surface area contributed by atoms with Gasteiger partial charge in [0.05, 0.1) is 35.5 Å². The number of hydrogen-bond donors (Lipinski definition) is 2. The molecular weight excluding hydrogens is 414 g/mol. The summed E-state index contributed by atoms with van der Waals surface area (Å²) in [5, 5.41) is 14.1. The van der Waals surface area contributed by atoms with E-state index in [1.165, 1.54) is 25.3 Å². The van der Waals surface area contributed by atoms with Crippen molar-refractivity contribution >= 4 is 27.3 Å². The topological polar surface area (TPSA) is 137 Å². The number of ether oxygens (including phenoxy) is 2. The Morgan fingerprint density at radius 2 is 2.07 bits per heavy atom. The third-order valence-electron chi connectivity index (χ3n) is 4.58. The van der Waals surface area contributed by atoms with Crippen LogP contribution in [-0.2, 0) is 14.8 Å². The van der Waals surface area contributed by atoms with Crippen LogP contribution in [0.25, 0.3) is 0 Å². The van der Waals surface area contributed by atoms with Crippen molar-refractivity contribution in [2.45, 2.75) is 23.8 Å². The molecule has 0 radical (unpaired) electrons. The molecule has 1 amide bonds. The molecule has 1 atom stereocenters. The zero-order valence-electron chi connectivity index (χ0n) is 16.2. The molecule has 0 bridgehead atoms. The van der Waals surface area contributed by atoms with E-state index in [0.717, 1.165) is 25.0 Å². The fourth-order valence-electron chi connectivity index (χ4n) is 3.07. The Morgan fingerprint density at radius 3 is 2.73 bits per heavy atom. The molecule has 2 aromatic carbocycles.